The summed E-state index contributed by atoms with van der Waals surface area (Å²) in [6, 6.07) is 0. The number of aliphatic hydroxyl groups is 1. The van der Waals surface area contributed by atoms with Gasteiger partial charge in [-0.2, -0.15) is 0 Å². The fourth-order valence-electron chi connectivity index (χ4n) is 0.248. The van der Waals surface area contributed by atoms with Gasteiger partial charge in [0.15, 0.2) is 0 Å². The van der Waals surface area contributed by atoms with Crippen LogP contribution in [0.5, 0.6) is 0 Å². The Morgan fingerprint density at radius 2 is 1.54 bits per heavy atom. The molecule has 80 valence electrons. The predicted molar refractivity (Wildman–Crippen MR) is 54.0 cm³/mol. The summed E-state index contributed by atoms with van der Waals surface area (Å²) in [4.78, 5) is 16.1. The fourth-order valence-corrected chi connectivity index (χ4v) is 0.615. The topological polar surface area (TPSA) is 150 Å². The van der Waals surface area contributed by atoms with E-state index in [1.54, 1.807) is 0 Å². The second-order valence-corrected chi connectivity index (χ2v) is 2.64. The van der Waals surface area contributed by atoms with Crippen LogP contribution in [0, 0.1) is 0 Å². The normalized spacial score (nSPS) is 8.23. The summed E-state index contributed by atoms with van der Waals surface area (Å²) >= 11 is 0. The zero-order valence-electron chi connectivity index (χ0n) is 5.73. The van der Waals surface area contributed by atoms with Crippen LogP contribution in [0.4, 0.5) is 0 Å². The van der Waals surface area contributed by atoms with Gasteiger partial charge in [-0.25, -0.2) is 4.57 Å². The van der Waals surface area contributed by atoms with E-state index in [9.17, 15) is 4.57 Å². The third-order valence-corrected chi connectivity index (χ3v) is 1.08. The molecule has 0 unspecified atom stereocenters. The Kier molecular flexibility index (Phi) is 38.5. The summed E-state index contributed by atoms with van der Waals surface area (Å²) in [5.74, 6) is 0. The second-order valence-electron chi connectivity index (χ2n) is 1.40. The van der Waals surface area contributed by atoms with Gasteiger partial charge in [0.1, 0.15) is 0 Å². The molecule has 0 radical (unpaired) electrons. The van der Waals surface area contributed by atoms with Crippen molar-refractivity contribution in [1.82, 2.24) is 0 Å². The molecule has 0 atom stereocenters. The number of aliphatic hydroxyl groups excluding tert-OH is 1. The molecule has 0 bridgehead atoms. The summed E-state index contributed by atoms with van der Waals surface area (Å²) in [6.45, 7) is -0.235. The van der Waals surface area contributed by atoms with Gasteiger partial charge >= 0.3 is 83.3 Å². The van der Waals surface area contributed by atoms with Gasteiger partial charge in [-0.15, -0.1) is 0 Å². The van der Waals surface area contributed by atoms with Gasteiger partial charge in [-0.05, 0) is 6.42 Å². The molecule has 0 rings (SSSR count). The van der Waals surface area contributed by atoms with E-state index < -0.39 is 7.82 Å². The molecule has 13 heavy (non-hydrogen) atoms. The average Bonchev–Trinajstić information content (AvgIpc) is 1.63. The Labute approximate surface area is 136 Å². The number of phosphoric acid groups is 1. The van der Waals surface area contributed by atoms with Crippen LogP contribution in [0.3, 0.4) is 0 Å². The molecule has 0 aliphatic carbocycles. The van der Waals surface area contributed by atoms with Crippen molar-refractivity contribution in [1.29, 1.82) is 0 Å². The third-order valence-electron chi connectivity index (χ3n) is 0.562. The molecule has 0 amide bonds. The van der Waals surface area contributed by atoms with Gasteiger partial charge in [-0.3, -0.25) is 4.52 Å². The van der Waals surface area contributed by atoms with Crippen molar-refractivity contribution in [3.05, 3.63) is 0 Å². The van der Waals surface area contributed by atoms with E-state index in [-0.39, 0.29) is 106 Å². The van der Waals surface area contributed by atoms with Crippen LogP contribution in [-0.2, 0) is 9.09 Å². The Morgan fingerprint density at radius 3 is 1.77 bits per heavy atom. The zero-order chi connectivity index (χ0) is 7.33. The first-order chi connectivity index (χ1) is 4.06. The molecule has 0 aromatic carbocycles. The maximum absolute atomic E-state index is 9.90. The molecule has 10 heteroatoms. The summed E-state index contributed by atoms with van der Waals surface area (Å²) < 4.78 is 13.9. The monoisotopic (exact) mass is 276 g/mol. The molecule has 0 aliphatic heterocycles. The van der Waals surface area contributed by atoms with Crippen molar-refractivity contribution < 1.29 is 34.9 Å². The van der Waals surface area contributed by atoms with Crippen LogP contribution >= 0.6 is 7.82 Å². The predicted octanol–water partition coefficient (Wildman–Crippen LogP) is -4.00. The van der Waals surface area contributed by atoms with E-state index in [0.717, 1.165) is 0 Å². The molecule has 0 saturated carbocycles. The molecule has 0 heterocycles. The summed E-state index contributed by atoms with van der Waals surface area (Å²) in [5.41, 5.74) is 0. The van der Waals surface area contributed by atoms with E-state index in [1.807, 2.05) is 0 Å². The average molecular weight is 276 g/mol. The molecular formula is C3H17Ca2O7P. The summed E-state index contributed by atoms with van der Waals surface area (Å²) in [7, 11) is -4.31. The van der Waals surface area contributed by atoms with Crippen LogP contribution in [0.25, 0.3) is 0 Å². The van der Waals surface area contributed by atoms with Gasteiger partial charge in [0.2, 0.25) is 0 Å². The number of rotatable bonds is 4. The molecule has 0 aromatic rings. The first-order valence-electron chi connectivity index (χ1n) is 2.37. The molecule has 0 aromatic heterocycles. The van der Waals surface area contributed by atoms with Gasteiger partial charge in [0.05, 0.1) is 6.61 Å². The number of phosphoric ester groups is 1. The Balaban J connectivity index is -0.0000000533. The van der Waals surface area contributed by atoms with Crippen LogP contribution in [0.15, 0.2) is 0 Å². The summed E-state index contributed by atoms with van der Waals surface area (Å²) in [6.07, 6.45) is 0.241. The van der Waals surface area contributed by atoms with E-state index in [0.29, 0.717) is 0 Å². The summed E-state index contributed by atoms with van der Waals surface area (Å²) in [5, 5.41) is 8.13. The Morgan fingerprint density at radius 1 is 1.15 bits per heavy atom. The quantitative estimate of drug-likeness (QED) is 0.271. The zero-order valence-corrected chi connectivity index (χ0v) is 6.62. The van der Waals surface area contributed by atoms with Crippen molar-refractivity contribution in [3.63, 3.8) is 0 Å². The van der Waals surface area contributed by atoms with E-state index in [2.05, 4.69) is 4.52 Å². The van der Waals surface area contributed by atoms with Crippen molar-refractivity contribution in [2.45, 2.75) is 6.42 Å². The first kappa shape index (κ1) is 29.6. The molecule has 0 spiro atoms. The van der Waals surface area contributed by atoms with Crippen molar-refractivity contribution >= 4 is 83.3 Å². The van der Waals surface area contributed by atoms with Crippen LogP contribution in [0.2, 0.25) is 0 Å². The number of hydrogen-bond donors (Lipinski definition) is 3. The van der Waals surface area contributed by atoms with Crippen molar-refractivity contribution in [2.75, 3.05) is 13.2 Å². The van der Waals surface area contributed by atoms with E-state index in [4.69, 9.17) is 14.9 Å². The van der Waals surface area contributed by atoms with Gasteiger partial charge in [-0.1, -0.05) is 0 Å². The molecule has 0 fully saturated rings. The van der Waals surface area contributed by atoms with Gasteiger partial charge in [0, 0.05) is 6.61 Å². The van der Waals surface area contributed by atoms with E-state index in [1.165, 1.54) is 0 Å². The molecule has 7 N–H and O–H groups in total. The molecule has 0 aliphatic rings. The van der Waals surface area contributed by atoms with Crippen LogP contribution in [0.1, 0.15) is 6.42 Å². The van der Waals surface area contributed by atoms with Crippen molar-refractivity contribution in [2.24, 2.45) is 0 Å². The van der Waals surface area contributed by atoms with Crippen LogP contribution in [-0.4, -0.2) is 115 Å². The Hall–Kier alpha value is 2.51. The minimum absolute atomic E-state index is 0. The van der Waals surface area contributed by atoms with E-state index >= 15 is 0 Å². The second kappa shape index (κ2) is 16.9. The standard InChI is InChI=1S/C3H9O5P.2Ca.2H2O.4H/c4-2-1-3-8-9(5,6)7;;;;;;;;/h4H,1-3H2,(H2,5,6,7);;;2*1H2;;;;. The fraction of sp³-hybridized carbons (Fsp3) is 1.00. The molecule has 0 saturated heterocycles. The third kappa shape index (κ3) is 31.4. The SMILES string of the molecule is O.O.O=P(O)(O)OCCCO.[CaH2].[CaH2]. The van der Waals surface area contributed by atoms with Crippen molar-refractivity contribution in [3.8, 4) is 0 Å². The Bertz CT molecular complexity index is 116. The number of hydrogen-bond acceptors (Lipinski definition) is 3. The molecular weight excluding hydrogens is 259 g/mol. The van der Waals surface area contributed by atoms with Gasteiger partial charge in [0.25, 0.3) is 0 Å². The maximum atomic E-state index is 9.90. The first-order valence-corrected chi connectivity index (χ1v) is 3.90. The van der Waals surface area contributed by atoms with Gasteiger partial charge < -0.3 is 25.8 Å². The minimum atomic E-state index is -4.31. The van der Waals surface area contributed by atoms with Crippen LogP contribution < -0.4 is 0 Å². The molecule has 7 nitrogen and oxygen atoms in total.